The van der Waals surface area contributed by atoms with Gasteiger partial charge in [-0.2, -0.15) is 4.31 Å². The molecule has 0 saturated carbocycles. The van der Waals surface area contributed by atoms with Gasteiger partial charge in [-0.25, -0.2) is 8.42 Å². The Morgan fingerprint density at radius 3 is 2.14 bits per heavy atom. The number of methoxy groups -OCH3 is 2. The van der Waals surface area contributed by atoms with Gasteiger partial charge in [-0.05, 0) is 35.9 Å². The minimum atomic E-state index is -3.78. The number of hydrogen-bond donors (Lipinski definition) is 1. The molecule has 2 rings (SSSR count). The standard InChI is InChI=1S/C20H25ClN2O5S/c1-5-23(6-2)29(25,26)19-11-15(7-8-18(19)21)20(24)22-13-14-9-16(27-3)12-17(10-14)28-4/h7-12H,5-6,13H2,1-4H3,(H,22,24). The first-order chi connectivity index (χ1) is 13.8. The lowest BCUT2D eigenvalue weighted by molar-refractivity contribution is 0.0950. The third-order valence-electron chi connectivity index (χ3n) is 4.38. The van der Waals surface area contributed by atoms with E-state index in [-0.39, 0.29) is 22.0 Å². The van der Waals surface area contributed by atoms with E-state index in [9.17, 15) is 13.2 Å². The molecule has 2 aromatic carbocycles. The van der Waals surface area contributed by atoms with Crippen LogP contribution in [0.15, 0.2) is 41.3 Å². The number of sulfonamides is 1. The SMILES string of the molecule is CCN(CC)S(=O)(=O)c1cc(C(=O)NCc2cc(OC)cc(OC)c2)ccc1Cl. The van der Waals surface area contributed by atoms with Gasteiger partial charge in [0.25, 0.3) is 5.91 Å². The Kier molecular flexibility index (Phi) is 7.89. The quantitative estimate of drug-likeness (QED) is 0.646. The first-order valence-electron chi connectivity index (χ1n) is 9.06. The summed E-state index contributed by atoms with van der Waals surface area (Å²) in [5.41, 5.74) is 0.981. The molecule has 0 atom stereocenters. The summed E-state index contributed by atoms with van der Waals surface area (Å²) in [5, 5.41) is 2.85. The highest BCUT2D eigenvalue weighted by molar-refractivity contribution is 7.89. The molecule has 0 bridgehead atoms. The van der Waals surface area contributed by atoms with Crippen molar-refractivity contribution < 1.29 is 22.7 Å². The van der Waals surface area contributed by atoms with Gasteiger partial charge < -0.3 is 14.8 Å². The second-order valence-corrected chi connectivity index (χ2v) is 8.45. The van der Waals surface area contributed by atoms with Crippen molar-refractivity contribution in [3.8, 4) is 11.5 Å². The summed E-state index contributed by atoms with van der Waals surface area (Å²) in [6.45, 7) is 4.32. The van der Waals surface area contributed by atoms with Gasteiger partial charge in [0.2, 0.25) is 10.0 Å². The van der Waals surface area contributed by atoms with E-state index >= 15 is 0 Å². The van der Waals surface area contributed by atoms with Gasteiger partial charge in [0.15, 0.2) is 0 Å². The zero-order valence-corrected chi connectivity index (χ0v) is 18.4. The predicted molar refractivity (Wildman–Crippen MR) is 112 cm³/mol. The highest BCUT2D eigenvalue weighted by atomic mass is 35.5. The number of hydrogen-bond acceptors (Lipinski definition) is 5. The minimum Gasteiger partial charge on any atom is -0.497 e. The fourth-order valence-corrected chi connectivity index (χ4v) is 4.76. The number of amides is 1. The molecule has 0 aliphatic rings. The van der Waals surface area contributed by atoms with Crippen molar-refractivity contribution in [2.75, 3.05) is 27.3 Å². The number of carbonyl (C=O) groups excluding carboxylic acids is 1. The molecule has 0 fully saturated rings. The van der Waals surface area contributed by atoms with Gasteiger partial charge in [0.05, 0.1) is 19.2 Å². The van der Waals surface area contributed by atoms with Crippen LogP contribution in [0.5, 0.6) is 11.5 Å². The van der Waals surface area contributed by atoms with Crippen molar-refractivity contribution in [3.05, 3.63) is 52.5 Å². The maximum Gasteiger partial charge on any atom is 0.251 e. The van der Waals surface area contributed by atoms with Crippen molar-refractivity contribution in [2.24, 2.45) is 0 Å². The fourth-order valence-electron chi connectivity index (χ4n) is 2.80. The Morgan fingerprint density at radius 2 is 1.62 bits per heavy atom. The second kappa shape index (κ2) is 9.96. The van der Waals surface area contributed by atoms with E-state index in [2.05, 4.69) is 5.32 Å². The van der Waals surface area contributed by atoms with Crippen LogP contribution in [0.3, 0.4) is 0 Å². The average Bonchev–Trinajstić information content (AvgIpc) is 2.72. The Bertz CT molecular complexity index is 953. The smallest absolute Gasteiger partial charge is 0.251 e. The zero-order valence-electron chi connectivity index (χ0n) is 16.9. The summed E-state index contributed by atoms with van der Waals surface area (Å²) in [4.78, 5) is 12.5. The number of ether oxygens (including phenoxy) is 2. The molecular weight excluding hydrogens is 416 g/mol. The Balaban J connectivity index is 2.25. The highest BCUT2D eigenvalue weighted by Gasteiger charge is 2.25. The van der Waals surface area contributed by atoms with E-state index in [1.165, 1.54) is 22.5 Å². The monoisotopic (exact) mass is 440 g/mol. The molecule has 0 aromatic heterocycles. The molecule has 0 radical (unpaired) electrons. The van der Waals surface area contributed by atoms with Crippen molar-refractivity contribution in [3.63, 3.8) is 0 Å². The maximum absolute atomic E-state index is 12.8. The molecule has 158 valence electrons. The molecular formula is C20H25ClN2O5S. The van der Waals surface area contributed by atoms with Crippen LogP contribution in [0.2, 0.25) is 5.02 Å². The largest absolute Gasteiger partial charge is 0.497 e. The fraction of sp³-hybridized carbons (Fsp3) is 0.350. The van der Waals surface area contributed by atoms with Gasteiger partial charge in [-0.3, -0.25) is 4.79 Å². The van der Waals surface area contributed by atoms with Gasteiger partial charge in [-0.15, -0.1) is 0 Å². The molecule has 0 unspecified atom stereocenters. The average molecular weight is 441 g/mol. The number of nitrogens with zero attached hydrogens (tertiary/aromatic N) is 1. The second-order valence-electron chi connectivity index (χ2n) is 6.14. The molecule has 1 N–H and O–H groups in total. The van der Waals surface area contributed by atoms with E-state index < -0.39 is 15.9 Å². The van der Waals surface area contributed by atoms with Crippen molar-refractivity contribution in [1.82, 2.24) is 9.62 Å². The molecule has 7 nitrogen and oxygen atoms in total. The summed E-state index contributed by atoms with van der Waals surface area (Å²) in [6, 6.07) is 9.50. The number of nitrogens with one attached hydrogen (secondary N) is 1. The molecule has 29 heavy (non-hydrogen) atoms. The normalized spacial score (nSPS) is 11.4. The molecule has 0 aliphatic carbocycles. The van der Waals surface area contributed by atoms with E-state index in [1.807, 2.05) is 0 Å². The number of carbonyl (C=O) groups is 1. The van der Waals surface area contributed by atoms with Crippen molar-refractivity contribution >= 4 is 27.5 Å². The van der Waals surface area contributed by atoms with Crippen LogP contribution in [0.4, 0.5) is 0 Å². The molecule has 0 spiro atoms. The Hall–Kier alpha value is -2.29. The third kappa shape index (κ3) is 5.41. The molecule has 2 aromatic rings. The topological polar surface area (TPSA) is 84.9 Å². The van der Waals surface area contributed by atoms with Crippen LogP contribution < -0.4 is 14.8 Å². The summed E-state index contributed by atoms with van der Waals surface area (Å²) in [5.74, 6) is 0.792. The van der Waals surface area contributed by atoms with E-state index in [0.717, 1.165) is 5.56 Å². The lowest BCUT2D eigenvalue weighted by Crippen LogP contribution is -2.31. The Morgan fingerprint density at radius 1 is 1.03 bits per heavy atom. The van der Waals surface area contributed by atoms with Crippen molar-refractivity contribution in [2.45, 2.75) is 25.3 Å². The van der Waals surface area contributed by atoms with Crippen LogP contribution in [-0.2, 0) is 16.6 Å². The lowest BCUT2D eigenvalue weighted by Gasteiger charge is -2.19. The van der Waals surface area contributed by atoms with Crippen LogP contribution in [0.25, 0.3) is 0 Å². The third-order valence-corrected chi connectivity index (χ3v) is 6.91. The van der Waals surface area contributed by atoms with Gasteiger partial charge in [0, 0.05) is 31.3 Å². The van der Waals surface area contributed by atoms with Crippen LogP contribution in [0.1, 0.15) is 29.8 Å². The van der Waals surface area contributed by atoms with E-state index in [4.69, 9.17) is 21.1 Å². The molecule has 0 saturated heterocycles. The van der Waals surface area contributed by atoms with Crippen LogP contribution in [0, 0.1) is 0 Å². The number of benzene rings is 2. The van der Waals surface area contributed by atoms with Gasteiger partial charge >= 0.3 is 0 Å². The molecule has 0 aliphatic heterocycles. The van der Waals surface area contributed by atoms with Gasteiger partial charge in [-0.1, -0.05) is 25.4 Å². The number of rotatable bonds is 9. The molecule has 1 amide bonds. The first kappa shape index (κ1) is 23.0. The zero-order chi connectivity index (χ0) is 21.6. The van der Waals surface area contributed by atoms with E-state index in [1.54, 1.807) is 46.3 Å². The Labute approximate surface area is 176 Å². The lowest BCUT2D eigenvalue weighted by atomic mass is 10.1. The van der Waals surface area contributed by atoms with Crippen LogP contribution in [-0.4, -0.2) is 45.9 Å². The van der Waals surface area contributed by atoms with Gasteiger partial charge in [0.1, 0.15) is 16.4 Å². The van der Waals surface area contributed by atoms with Crippen molar-refractivity contribution in [1.29, 1.82) is 0 Å². The summed E-state index contributed by atoms with van der Waals surface area (Å²) in [7, 11) is -0.696. The predicted octanol–water partition coefficient (Wildman–Crippen LogP) is 3.32. The number of halogens is 1. The van der Waals surface area contributed by atoms with Crippen LogP contribution >= 0.6 is 11.6 Å². The molecule has 9 heteroatoms. The van der Waals surface area contributed by atoms with E-state index in [0.29, 0.717) is 24.6 Å². The molecule has 0 heterocycles. The summed E-state index contributed by atoms with van der Waals surface area (Å²) >= 11 is 6.12. The summed E-state index contributed by atoms with van der Waals surface area (Å²) < 4.78 is 37.3. The maximum atomic E-state index is 12.8. The first-order valence-corrected chi connectivity index (χ1v) is 10.9. The summed E-state index contributed by atoms with van der Waals surface area (Å²) in [6.07, 6.45) is 0. The minimum absolute atomic E-state index is 0.0750. The highest BCUT2D eigenvalue weighted by Crippen LogP contribution is 2.26.